The second kappa shape index (κ2) is 8.12. The van der Waals surface area contributed by atoms with Crippen LogP contribution in [0.1, 0.15) is 38.5 Å². The largest absolute Gasteiger partial charge is 0.396 e. The van der Waals surface area contributed by atoms with Crippen LogP contribution >= 0.6 is 11.8 Å². The molecular formula is C14H26N2O2S. The highest BCUT2D eigenvalue weighted by atomic mass is 32.2. The van der Waals surface area contributed by atoms with Gasteiger partial charge in [-0.15, -0.1) is 0 Å². The van der Waals surface area contributed by atoms with E-state index < -0.39 is 0 Å². The van der Waals surface area contributed by atoms with Crippen molar-refractivity contribution in [3.05, 3.63) is 0 Å². The molecular weight excluding hydrogens is 260 g/mol. The summed E-state index contributed by atoms with van der Waals surface area (Å²) in [6.07, 6.45) is 6.49. The molecule has 2 aliphatic rings. The Labute approximate surface area is 120 Å². The van der Waals surface area contributed by atoms with E-state index in [0.717, 1.165) is 24.5 Å². The number of hydrogen-bond donors (Lipinski definition) is 3. The molecule has 2 bridgehead atoms. The van der Waals surface area contributed by atoms with Crippen molar-refractivity contribution in [2.45, 2.75) is 50.6 Å². The molecule has 0 radical (unpaired) electrons. The van der Waals surface area contributed by atoms with Crippen LogP contribution in [0.25, 0.3) is 0 Å². The van der Waals surface area contributed by atoms with Crippen molar-refractivity contribution in [2.24, 2.45) is 5.92 Å². The third-order valence-electron chi connectivity index (χ3n) is 4.06. The molecule has 0 aromatic carbocycles. The summed E-state index contributed by atoms with van der Waals surface area (Å²) in [6, 6.07) is 1.34. The molecule has 0 aromatic heterocycles. The van der Waals surface area contributed by atoms with Crippen molar-refractivity contribution < 1.29 is 9.90 Å². The van der Waals surface area contributed by atoms with Gasteiger partial charge in [-0.05, 0) is 43.8 Å². The monoisotopic (exact) mass is 286 g/mol. The summed E-state index contributed by atoms with van der Waals surface area (Å²) in [7, 11) is 0. The number of carbonyl (C=O) groups excluding carboxylic acids is 1. The number of aliphatic hydroxyl groups excluding tert-OH is 1. The van der Waals surface area contributed by atoms with Crippen LogP contribution < -0.4 is 10.6 Å². The molecule has 2 heterocycles. The van der Waals surface area contributed by atoms with Gasteiger partial charge in [0.15, 0.2) is 0 Å². The first kappa shape index (κ1) is 15.1. The first-order valence-electron chi connectivity index (χ1n) is 7.49. The second-order valence-electron chi connectivity index (χ2n) is 5.72. The van der Waals surface area contributed by atoms with Gasteiger partial charge in [0, 0.05) is 37.4 Å². The molecule has 0 spiro atoms. The topological polar surface area (TPSA) is 61.4 Å². The second-order valence-corrected chi connectivity index (χ2v) is 6.94. The Hall–Kier alpha value is -0.260. The zero-order valence-corrected chi connectivity index (χ0v) is 12.4. The number of hydrogen-bond acceptors (Lipinski definition) is 4. The number of rotatable bonds is 8. The van der Waals surface area contributed by atoms with Crippen LogP contribution in [0, 0.1) is 5.92 Å². The Morgan fingerprint density at radius 3 is 2.68 bits per heavy atom. The summed E-state index contributed by atoms with van der Waals surface area (Å²) in [5, 5.41) is 15.3. The fourth-order valence-electron chi connectivity index (χ4n) is 3.21. The predicted octanol–water partition coefficient (Wildman–Crippen LogP) is 1.14. The molecule has 0 aliphatic carbocycles. The number of aliphatic hydroxyl groups is 1. The first-order valence-corrected chi connectivity index (χ1v) is 8.64. The van der Waals surface area contributed by atoms with E-state index in [1.54, 1.807) is 11.8 Å². The van der Waals surface area contributed by atoms with Gasteiger partial charge in [0.25, 0.3) is 0 Å². The minimum absolute atomic E-state index is 0.217. The maximum atomic E-state index is 11.9. The number of thioether (sulfide) groups is 1. The molecule has 19 heavy (non-hydrogen) atoms. The van der Waals surface area contributed by atoms with Gasteiger partial charge in [0.2, 0.25) is 5.91 Å². The van der Waals surface area contributed by atoms with Crippen molar-refractivity contribution in [3.8, 4) is 0 Å². The first-order chi connectivity index (χ1) is 9.28. The van der Waals surface area contributed by atoms with Crippen LogP contribution in [0.4, 0.5) is 0 Å². The van der Waals surface area contributed by atoms with Crippen LogP contribution in [0.2, 0.25) is 0 Å². The van der Waals surface area contributed by atoms with Crippen LogP contribution in [-0.4, -0.2) is 47.8 Å². The van der Waals surface area contributed by atoms with E-state index in [9.17, 15) is 4.79 Å². The fourth-order valence-corrected chi connectivity index (χ4v) is 3.99. The number of carbonyl (C=O) groups is 1. The minimum Gasteiger partial charge on any atom is -0.396 e. The summed E-state index contributed by atoms with van der Waals surface area (Å²) in [6.45, 7) is 1.02. The van der Waals surface area contributed by atoms with Crippen molar-refractivity contribution in [1.29, 1.82) is 0 Å². The lowest BCUT2D eigenvalue weighted by Crippen LogP contribution is -2.39. The molecule has 5 heteroatoms. The summed E-state index contributed by atoms with van der Waals surface area (Å²) < 4.78 is 0. The van der Waals surface area contributed by atoms with Gasteiger partial charge < -0.3 is 15.7 Å². The maximum Gasteiger partial charge on any atom is 0.220 e. The Morgan fingerprint density at radius 1 is 1.26 bits per heavy atom. The molecule has 2 fully saturated rings. The number of amides is 1. The van der Waals surface area contributed by atoms with Gasteiger partial charge in [0.1, 0.15) is 0 Å². The highest BCUT2D eigenvalue weighted by Gasteiger charge is 2.33. The van der Waals surface area contributed by atoms with E-state index in [-0.39, 0.29) is 12.5 Å². The lowest BCUT2D eigenvalue weighted by atomic mass is 9.89. The van der Waals surface area contributed by atoms with Gasteiger partial charge in [-0.3, -0.25) is 4.79 Å². The molecule has 0 saturated carbocycles. The molecule has 3 N–H and O–H groups in total. The van der Waals surface area contributed by atoms with Crippen LogP contribution in [0.15, 0.2) is 0 Å². The highest BCUT2D eigenvalue weighted by Crippen LogP contribution is 2.32. The van der Waals surface area contributed by atoms with Crippen molar-refractivity contribution >= 4 is 17.7 Å². The average molecular weight is 286 g/mol. The summed E-state index contributed by atoms with van der Waals surface area (Å²) in [5.74, 6) is 2.72. The lowest BCUT2D eigenvalue weighted by molar-refractivity contribution is -0.122. The summed E-state index contributed by atoms with van der Waals surface area (Å²) >= 11 is 1.79. The Balaban J connectivity index is 1.52. The molecule has 2 rings (SSSR count). The lowest BCUT2D eigenvalue weighted by Gasteiger charge is -2.28. The normalized spacial score (nSPS) is 29.4. The van der Waals surface area contributed by atoms with E-state index in [0.29, 0.717) is 24.4 Å². The van der Waals surface area contributed by atoms with Gasteiger partial charge in [-0.2, -0.15) is 11.8 Å². The predicted molar refractivity (Wildman–Crippen MR) is 79.3 cm³/mol. The Morgan fingerprint density at radius 2 is 2.00 bits per heavy atom. The highest BCUT2D eigenvalue weighted by molar-refractivity contribution is 7.99. The zero-order valence-electron chi connectivity index (χ0n) is 11.6. The number of piperidine rings is 1. The molecule has 2 unspecified atom stereocenters. The van der Waals surface area contributed by atoms with Crippen molar-refractivity contribution in [2.75, 3.05) is 24.7 Å². The van der Waals surface area contributed by atoms with Crippen molar-refractivity contribution in [3.63, 3.8) is 0 Å². The zero-order chi connectivity index (χ0) is 13.5. The van der Waals surface area contributed by atoms with Crippen LogP contribution in [0.5, 0.6) is 0 Å². The van der Waals surface area contributed by atoms with E-state index >= 15 is 0 Å². The quantitative estimate of drug-likeness (QED) is 0.586. The average Bonchev–Trinajstić information content (AvgIpc) is 2.73. The van der Waals surface area contributed by atoms with E-state index in [2.05, 4.69) is 10.6 Å². The SMILES string of the molecule is O=C(CC1CC2CCC(C1)N2)NCCSCCCO. The summed E-state index contributed by atoms with van der Waals surface area (Å²) in [4.78, 5) is 11.9. The molecule has 110 valence electrons. The smallest absolute Gasteiger partial charge is 0.220 e. The van der Waals surface area contributed by atoms with Gasteiger partial charge in [0.05, 0.1) is 0 Å². The van der Waals surface area contributed by atoms with Crippen molar-refractivity contribution in [1.82, 2.24) is 10.6 Å². The van der Waals surface area contributed by atoms with E-state index in [4.69, 9.17) is 5.11 Å². The van der Waals surface area contributed by atoms with Gasteiger partial charge in [-0.25, -0.2) is 0 Å². The van der Waals surface area contributed by atoms with Gasteiger partial charge in [-0.1, -0.05) is 0 Å². The number of fused-ring (bicyclic) bond motifs is 2. The summed E-state index contributed by atoms with van der Waals surface area (Å²) in [5.41, 5.74) is 0. The van der Waals surface area contributed by atoms with E-state index in [1.165, 1.54) is 25.7 Å². The number of nitrogens with one attached hydrogen (secondary N) is 2. The third kappa shape index (κ3) is 5.32. The molecule has 4 nitrogen and oxygen atoms in total. The maximum absolute atomic E-state index is 11.9. The third-order valence-corrected chi connectivity index (χ3v) is 5.13. The standard InChI is InChI=1S/C14H26N2O2S/c17-5-1-6-19-7-4-15-14(18)10-11-8-12-2-3-13(9-11)16-12/h11-13,16-17H,1-10H2,(H,15,18). The minimum atomic E-state index is 0.217. The molecule has 2 saturated heterocycles. The molecule has 1 amide bonds. The molecule has 2 aliphatic heterocycles. The Bertz CT molecular complexity index is 277. The Kier molecular flexibility index (Phi) is 6.47. The molecule has 2 atom stereocenters. The van der Waals surface area contributed by atoms with Crippen LogP contribution in [0.3, 0.4) is 0 Å². The molecule has 0 aromatic rings. The van der Waals surface area contributed by atoms with Crippen LogP contribution in [-0.2, 0) is 4.79 Å². The fraction of sp³-hybridized carbons (Fsp3) is 0.929. The van der Waals surface area contributed by atoms with E-state index in [1.807, 2.05) is 0 Å². The van der Waals surface area contributed by atoms with Gasteiger partial charge >= 0.3 is 0 Å².